The van der Waals surface area contributed by atoms with E-state index in [9.17, 15) is 0 Å². The van der Waals surface area contributed by atoms with Crippen LogP contribution in [0, 0.1) is 0 Å². The summed E-state index contributed by atoms with van der Waals surface area (Å²) in [4.78, 5) is 0. The van der Waals surface area contributed by atoms with Crippen molar-refractivity contribution in [1.29, 1.82) is 0 Å². The van der Waals surface area contributed by atoms with Gasteiger partial charge >= 0.3 is 0 Å². The van der Waals surface area contributed by atoms with Crippen LogP contribution in [0.1, 0.15) is 37.8 Å². The second-order valence-electron chi connectivity index (χ2n) is 3.75. The maximum atomic E-state index is 5.92. The molecule has 0 spiro atoms. The summed E-state index contributed by atoms with van der Waals surface area (Å²) in [5.41, 5.74) is 3.88. The van der Waals surface area contributed by atoms with Gasteiger partial charge in [-0.1, -0.05) is 37.4 Å². The predicted octanol–water partition coefficient (Wildman–Crippen LogP) is 3.04. The van der Waals surface area contributed by atoms with Gasteiger partial charge in [0.2, 0.25) is 0 Å². The molecule has 90 valence electrons. The SMILES string of the molecule is CCCCC(NN)c1ccc(Cl)cc1OC. The van der Waals surface area contributed by atoms with E-state index in [-0.39, 0.29) is 6.04 Å². The molecule has 1 unspecified atom stereocenters. The van der Waals surface area contributed by atoms with Gasteiger partial charge in [-0.3, -0.25) is 11.3 Å². The molecular weight excluding hydrogens is 224 g/mol. The third-order valence-electron chi connectivity index (χ3n) is 2.62. The van der Waals surface area contributed by atoms with Gasteiger partial charge in [0.1, 0.15) is 5.75 Å². The van der Waals surface area contributed by atoms with Gasteiger partial charge in [-0.05, 0) is 18.6 Å². The van der Waals surface area contributed by atoms with E-state index < -0.39 is 0 Å². The average Bonchev–Trinajstić information content (AvgIpc) is 2.31. The van der Waals surface area contributed by atoms with Crippen molar-refractivity contribution in [1.82, 2.24) is 5.43 Å². The highest BCUT2D eigenvalue weighted by Crippen LogP contribution is 2.30. The van der Waals surface area contributed by atoms with Crippen molar-refractivity contribution in [2.45, 2.75) is 32.2 Å². The van der Waals surface area contributed by atoms with Gasteiger partial charge in [0.25, 0.3) is 0 Å². The van der Waals surface area contributed by atoms with Crippen LogP contribution in [0.25, 0.3) is 0 Å². The van der Waals surface area contributed by atoms with Crippen molar-refractivity contribution < 1.29 is 4.74 Å². The molecule has 0 saturated heterocycles. The molecule has 4 heteroatoms. The first-order chi connectivity index (χ1) is 7.72. The summed E-state index contributed by atoms with van der Waals surface area (Å²) in [5, 5.41) is 0.673. The maximum Gasteiger partial charge on any atom is 0.125 e. The van der Waals surface area contributed by atoms with Gasteiger partial charge < -0.3 is 4.74 Å². The third kappa shape index (κ3) is 3.37. The number of nitrogens with one attached hydrogen (secondary N) is 1. The first-order valence-electron chi connectivity index (χ1n) is 5.52. The van der Waals surface area contributed by atoms with Gasteiger partial charge in [-0.15, -0.1) is 0 Å². The summed E-state index contributed by atoms with van der Waals surface area (Å²) in [7, 11) is 1.64. The average molecular weight is 243 g/mol. The summed E-state index contributed by atoms with van der Waals surface area (Å²) in [6.07, 6.45) is 3.26. The molecule has 3 nitrogen and oxygen atoms in total. The van der Waals surface area contributed by atoms with Crippen LogP contribution < -0.4 is 16.0 Å². The van der Waals surface area contributed by atoms with Crippen LogP contribution in [-0.2, 0) is 0 Å². The quantitative estimate of drug-likeness (QED) is 0.596. The zero-order chi connectivity index (χ0) is 12.0. The Morgan fingerprint density at radius 2 is 2.25 bits per heavy atom. The predicted molar refractivity (Wildman–Crippen MR) is 67.6 cm³/mol. The Morgan fingerprint density at radius 3 is 2.81 bits per heavy atom. The fourth-order valence-corrected chi connectivity index (χ4v) is 1.87. The lowest BCUT2D eigenvalue weighted by molar-refractivity contribution is 0.394. The first kappa shape index (κ1) is 13.3. The van der Waals surface area contributed by atoms with Gasteiger partial charge in [0.15, 0.2) is 0 Å². The Balaban J connectivity index is 2.90. The topological polar surface area (TPSA) is 47.3 Å². The van der Waals surface area contributed by atoms with Crippen LogP contribution in [0.5, 0.6) is 5.75 Å². The molecule has 1 atom stereocenters. The second kappa shape index (κ2) is 6.74. The molecule has 1 rings (SSSR count). The highest BCUT2D eigenvalue weighted by molar-refractivity contribution is 6.30. The molecule has 0 amide bonds. The highest BCUT2D eigenvalue weighted by atomic mass is 35.5. The number of rotatable bonds is 6. The van der Waals surface area contributed by atoms with E-state index in [2.05, 4.69) is 12.3 Å². The Hall–Kier alpha value is -0.770. The van der Waals surface area contributed by atoms with Crippen molar-refractivity contribution in [3.05, 3.63) is 28.8 Å². The van der Waals surface area contributed by atoms with Crippen LogP contribution in [0.3, 0.4) is 0 Å². The lowest BCUT2D eigenvalue weighted by atomic mass is 10.0. The fraction of sp³-hybridized carbons (Fsp3) is 0.500. The van der Waals surface area contributed by atoms with Crippen molar-refractivity contribution >= 4 is 11.6 Å². The highest BCUT2D eigenvalue weighted by Gasteiger charge is 2.14. The zero-order valence-corrected chi connectivity index (χ0v) is 10.6. The molecule has 0 fully saturated rings. The van der Waals surface area contributed by atoms with Gasteiger partial charge in [-0.25, -0.2) is 0 Å². The van der Waals surface area contributed by atoms with Gasteiger partial charge in [-0.2, -0.15) is 0 Å². The molecule has 0 saturated carbocycles. The molecule has 0 aliphatic heterocycles. The second-order valence-corrected chi connectivity index (χ2v) is 4.18. The smallest absolute Gasteiger partial charge is 0.125 e. The van der Waals surface area contributed by atoms with Crippen LogP contribution in [0.15, 0.2) is 18.2 Å². The van der Waals surface area contributed by atoms with Crippen molar-refractivity contribution in [3.63, 3.8) is 0 Å². The fourth-order valence-electron chi connectivity index (χ4n) is 1.71. The van der Waals surface area contributed by atoms with Crippen LogP contribution in [0.4, 0.5) is 0 Å². The number of benzene rings is 1. The largest absolute Gasteiger partial charge is 0.496 e. The number of ether oxygens (including phenoxy) is 1. The third-order valence-corrected chi connectivity index (χ3v) is 2.85. The minimum Gasteiger partial charge on any atom is -0.496 e. The molecule has 0 bridgehead atoms. The number of methoxy groups -OCH3 is 1. The molecule has 0 aliphatic rings. The number of hydrazine groups is 1. The summed E-state index contributed by atoms with van der Waals surface area (Å²) in [5.74, 6) is 6.35. The van der Waals surface area contributed by atoms with E-state index in [1.54, 1.807) is 7.11 Å². The monoisotopic (exact) mass is 242 g/mol. The normalized spacial score (nSPS) is 12.5. The Labute approximate surface area is 102 Å². The summed E-state index contributed by atoms with van der Waals surface area (Å²) in [6, 6.07) is 5.75. The molecule has 3 N–H and O–H groups in total. The zero-order valence-electron chi connectivity index (χ0n) is 9.79. The minimum atomic E-state index is 0.118. The Bertz CT molecular complexity index is 331. The minimum absolute atomic E-state index is 0.118. The Kier molecular flexibility index (Phi) is 5.60. The van der Waals surface area contributed by atoms with Gasteiger partial charge in [0, 0.05) is 16.6 Å². The van der Waals surface area contributed by atoms with E-state index in [1.807, 2.05) is 18.2 Å². The molecule has 16 heavy (non-hydrogen) atoms. The molecule has 0 radical (unpaired) electrons. The number of unbranched alkanes of at least 4 members (excludes halogenated alkanes) is 1. The first-order valence-corrected chi connectivity index (χ1v) is 5.90. The molecule has 1 aromatic rings. The molecular formula is C12H19ClN2O. The van der Waals surface area contributed by atoms with Crippen molar-refractivity contribution in [2.24, 2.45) is 5.84 Å². The standard InChI is InChI=1S/C12H19ClN2O/c1-3-4-5-11(15-14)10-7-6-9(13)8-12(10)16-2/h6-8,11,15H,3-5,14H2,1-2H3. The summed E-state index contributed by atoms with van der Waals surface area (Å²) >= 11 is 5.92. The maximum absolute atomic E-state index is 5.92. The van der Waals surface area contributed by atoms with Gasteiger partial charge in [0.05, 0.1) is 7.11 Å². The van der Waals surface area contributed by atoms with E-state index in [0.717, 1.165) is 30.6 Å². The van der Waals surface area contributed by atoms with E-state index in [4.69, 9.17) is 22.2 Å². The molecule has 0 aliphatic carbocycles. The number of halogens is 1. The molecule has 0 aromatic heterocycles. The number of nitrogens with two attached hydrogens (primary N) is 1. The van der Waals surface area contributed by atoms with Crippen LogP contribution in [0.2, 0.25) is 5.02 Å². The van der Waals surface area contributed by atoms with Crippen molar-refractivity contribution in [2.75, 3.05) is 7.11 Å². The van der Waals surface area contributed by atoms with Crippen LogP contribution >= 0.6 is 11.6 Å². The summed E-state index contributed by atoms with van der Waals surface area (Å²) in [6.45, 7) is 2.16. The van der Waals surface area contributed by atoms with Crippen molar-refractivity contribution in [3.8, 4) is 5.75 Å². The molecule has 0 heterocycles. The van der Waals surface area contributed by atoms with Crippen LogP contribution in [-0.4, -0.2) is 7.11 Å². The lowest BCUT2D eigenvalue weighted by Gasteiger charge is -2.19. The molecule has 1 aromatic carbocycles. The lowest BCUT2D eigenvalue weighted by Crippen LogP contribution is -2.28. The Morgan fingerprint density at radius 1 is 1.50 bits per heavy atom. The van der Waals surface area contributed by atoms with E-state index >= 15 is 0 Å². The summed E-state index contributed by atoms with van der Waals surface area (Å²) < 4.78 is 5.31. The van der Waals surface area contributed by atoms with E-state index in [0.29, 0.717) is 5.02 Å². The van der Waals surface area contributed by atoms with E-state index in [1.165, 1.54) is 0 Å². The number of hydrogen-bond donors (Lipinski definition) is 2. The number of hydrogen-bond acceptors (Lipinski definition) is 3.